The lowest BCUT2D eigenvalue weighted by atomic mass is 10.0. The highest BCUT2D eigenvalue weighted by Gasteiger charge is 2.12. The molecule has 9 heavy (non-hydrogen) atoms. The molecule has 1 unspecified atom stereocenters. The van der Waals surface area contributed by atoms with Crippen molar-refractivity contribution >= 4 is 6.34 Å². The van der Waals surface area contributed by atoms with Crippen LogP contribution in [-0.4, -0.2) is 18.9 Å². The first-order valence-corrected chi connectivity index (χ1v) is 3.55. The van der Waals surface area contributed by atoms with Gasteiger partial charge in [0.25, 0.3) is 0 Å². The summed E-state index contributed by atoms with van der Waals surface area (Å²) in [6.45, 7) is 5.52. The predicted molar refractivity (Wildman–Crippen MR) is 39.7 cm³/mol. The first kappa shape index (κ1) is 6.59. The van der Waals surface area contributed by atoms with Crippen LogP contribution in [0, 0.1) is 5.92 Å². The van der Waals surface area contributed by atoms with E-state index in [1.54, 1.807) is 0 Å². The maximum atomic E-state index is 4.29. The van der Waals surface area contributed by atoms with E-state index in [9.17, 15) is 0 Å². The molecule has 0 aliphatic carbocycles. The van der Waals surface area contributed by atoms with Gasteiger partial charge in [-0.15, -0.1) is 0 Å². The first-order valence-electron chi connectivity index (χ1n) is 3.55. The van der Waals surface area contributed by atoms with Crippen LogP contribution in [0.1, 0.15) is 20.3 Å². The molecule has 1 N–H and O–H groups in total. The Morgan fingerprint density at radius 1 is 1.67 bits per heavy atom. The molecule has 0 bridgehead atoms. The largest absolute Gasteiger partial charge is 0.376 e. The van der Waals surface area contributed by atoms with Crippen LogP contribution in [0.3, 0.4) is 0 Å². The minimum absolute atomic E-state index is 0.561. The fourth-order valence-electron chi connectivity index (χ4n) is 1.02. The van der Waals surface area contributed by atoms with E-state index in [1.165, 1.54) is 6.42 Å². The van der Waals surface area contributed by atoms with Gasteiger partial charge in [-0.05, 0) is 12.3 Å². The standard InChI is InChI=1S/C7H14N2/c1-6(2)7-3-4-8-5-9-7/h5-7H,3-4H2,1-2H3,(H,8,9). The van der Waals surface area contributed by atoms with Crippen LogP contribution in [0.4, 0.5) is 0 Å². The van der Waals surface area contributed by atoms with E-state index in [0.29, 0.717) is 12.0 Å². The first-order chi connectivity index (χ1) is 4.30. The number of hydrogen-bond donors (Lipinski definition) is 1. The third-order valence-corrected chi connectivity index (χ3v) is 1.71. The van der Waals surface area contributed by atoms with Gasteiger partial charge in [-0.1, -0.05) is 13.8 Å². The van der Waals surface area contributed by atoms with E-state index in [2.05, 4.69) is 24.2 Å². The molecule has 0 spiro atoms. The van der Waals surface area contributed by atoms with Crippen molar-refractivity contribution in [2.75, 3.05) is 6.54 Å². The fraction of sp³-hybridized carbons (Fsp3) is 0.857. The molecule has 1 heterocycles. The van der Waals surface area contributed by atoms with Gasteiger partial charge in [0.05, 0.1) is 12.4 Å². The van der Waals surface area contributed by atoms with Crippen molar-refractivity contribution in [1.29, 1.82) is 0 Å². The molecule has 0 amide bonds. The van der Waals surface area contributed by atoms with Gasteiger partial charge in [0.2, 0.25) is 0 Å². The summed E-state index contributed by atoms with van der Waals surface area (Å²) >= 11 is 0. The molecule has 1 rings (SSSR count). The lowest BCUT2D eigenvalue weighted by Gasteiger charge is -2.19. The van der Waals surface area contributed by atoms with E-state index < -0.39 is 0 Å². The second kappa shape index (κ2) is 2.85. The van der Waals surface area contributed by atoms with Crippen molar-refractivity contribution in [3.8, 4) is 0 Å². The normalized spacial score (nSPS) is 26.3. The zero-order chi connectivity index (χ0) is 6.69. The summed E-state index contributed by atoms with van der Waals surface area (Å²) in [7, 11) is 0. The van der Waals surface area contributed by atoms with Crippen molar-refractivity contribution in [3.05, 3.63) is 0 Å². The highest BCUT2D eigenvalue weighted by molar-refractivity contribution is 5.55. The third kappa shape index (κ3) is 1.70. The van der Waals surface area contributed by atoms with E-state index >= 15 is 0 Å². The van der Waals surface area contributed by atoms with Gasteiger partial charge in [0.15, 0.2) is 0 Å². The molecular weight excluding hydrogens is 112 g/mol. The van der Waals surface area contributed by atoms with Crippen LogP contribution in [0.15, 0.2) is 4.99 Å². The highest BCUT2D eigenvalue weighted by Crippen LogP contribution is 2.10. The van der Waals surface area contributed by atoms with Crippen LogP contribution >= 0.6 is 0 Å². The van der Waals surface area contributed by atoms with Crippen LogP contribution in [0.2, 0.25) is 0 Å². The number of rotatable bonds is 1. The molecule has 0 saturated heterocycles. The predicted octanol–water partition coefficient (Wildman–Crippen LogP) is 1.03. The smallest absolute Gasteiger partial charge is 0.0827 e. The number of nitrogens with zero attached hydrogens (tertiary/aromatic N) is 1. The fourth-order valence-corrected chi connectivity index (χ4v) is 1.02. The third-order valence-electron chi connectivity index (χ3n) is 1.71. The summed E-state index contributed by atoms with van der Waals surface area (Å²) in [4.78, 5) is 4.29. The summed E-state index contributed by atoms with van der Waals surface area (Å²) in [5, 5.41) is 3.08. The number of hydrogen-bond acceptors (Lipinski definition) is 2. The minimum Gasteiger partial charge on any atom is -0.376 e. The van der Waals surface area contributed by atoms with E-state index in [0.717, 1.165) is 6.54 Å². The molecule has 0 radical (unpaired) electrons. The van der Waals surface area contributed by atoms with Gasteiger partial charge >= 0.3 is 0 Å². The Labute approximate surface area is 56.4 Å². The zero-order valence-electron chi connectivity index (χ0n) is 6.09. The summed E-state index contributed by atoms with van der Waals surface area (Å²) in [6, 6.07) is 0.561. The van der Waals surface area contributed by atoms with Gasteiger partial charge in [0.1, 0.15) is 0 Å². The van der Waals surface area contributed by atoms with Gasteiger partial charge in [-0.2, -0.15) is 0 Å². The molecule has 0 aromatic heterocycles. The zero-order valence-corrected chi connectivity index (χ0v) is 6.09. The molecule has 2 heteroatoms. The molecule has 52 valence electrons. The Morgan fingerprint density at radius 2 is 2.44 bits per heavy atom. The van der Waals surface area contributed by atoms with Crippen LogP contribution in [0.5, 0.6) is 0 Å². The maximum absolute atomic E-state index is 4.29. The molecule has 1 aliphatic heterocycles. The Bertz CT molecular complexity index is 107. The molecule has 0 aromatic carbocycles. The number of nitrogens with one attached hydrogen (secondary N) is 1. The SMILES string of the molecule is CC(C)C1CCNC=N1. The Morgan fingerprint density at radius 3 is 2.78 bits per heavy atom. The maximum Gasteiger partial charge on any atom is 0.0827 e. The van der Waals surface area contributed by atoms with Gasteiger partial charge in [-0.25, -0.2) is 0 Å². The Kier molecular flexibility index (Phi) is 2.09. The molecule has 0 aromatic rings. The molecular formula is C7H14N2. The molecule has 1 aliphatic rings. The van der Waals surface area contributed by atoms with Gasteiger partial charge < -0.3 is 5.32 Å². The van der Waals surface area contributed by atoms with Gasteiger partial charge in [-0.3, -0.25) is 4.99 Å². The second-order valence-corrected chi connectivity index (χ2v) is 2.83. The van der Waals surface area contributed by atoms with Crippen molar-refractivity contribution in [2.24, 2.45) is 10.9 Å². The quantitative estimate of drug-likeness (QED) is 0.557. The van der Waals surface area contributed by atoms with E-state index in [1.807, 2.05) is 6.34 Å². The average Bonchev–Trinajstić information content (AvgIpc) is 1.90. The van der Waals surface area contributed by atoms with Crippen molar-refractivity contribution < 1.29 is 0 Å². The average molecular weight is 126 g/mol. The molecule has 0 saturated carbocycles. The lowest BCUT2D eigenvalue weighted by molar-refractivity contribution is 0.453. The van der Waals surface area contributed by atoms with Crippen molar-refractivity contribution in [2.45, 2.75) is 26.3 Å². The van der Waals surface area contributed by atoms with Gasteiger partial charge in [0, 0.05) is 6.54 Å². The number of aliphatic imine (C=N–C) groups is 1. The molecule has 2 nitrogen and oxygen atoms in total. The minimum atomic E-state index is 0.561. The van der Waals surface area contributed by atoms with Crippen LogP contribution in [0.25, 0.3) is 0 Å². The van der Waals surface area contributed by atoms with E-state index in [4.69, 9.17) is 0 Å². The summed E-state index contributed by atoms with van der Waals surface area (Å²) in [5.41, 5.74) is 0. The topological polar surface area (TPSA) is 24.4 Å². The Hall–Kier alpha value is -0.530. The summed E-state index contributed by atoms with van der Waals surface area (Å²) in [5.74, 6) is 0.698. The van der Waals surface area contributed by atoms with Crippen LogP contribution < -0.4 is 5.32 Å². The Balaban J connectivity index is 2.40. The second-order valence-electron chi connectivity index (χ2n) is 2.83. The summed E-state index contributed by atoms with van der Waals surface area (Å²) in [6.07, 6.45) is 3.02. The molecule has 1 atom stereocenters. The monoisotopic (exact) mass is 126 g/mol. The summed E-state index contributed by atoms with van der Waals surface area (Å²) < 4.78 is 0. The van der Waals surface area contributed by atoms with E-state index in [-0.39, 0.29) is 0 Å². The van der Waals surface area contributed by atoms with Crippen LogP contribution in [-0.2, 0) is 0 Å². The van der Waals surface area contributed by atoms with Crippen molar-refractivity contribution in [3.63, 3.8) is 0 Å². The molecule has 0 fully saturated rings. The highest BCUT2D eigenvalue weighted by atomic mass is 15.0. The lowest BCUT2D eigenvalue weighted by Crippen LogP contribution is -2.27. The van der Waals surface area contributed by atoms with Crippen molar-refractivity contribution in [1.82, 2.24) is 5.32 Å².